The molecule has 1 aromatic carbocycles. The molecule has 0 bridgehead atoms. The maximum absolute atomic E-state index is 13.0. The molecule has 0 aromatic heterocycles. The Balaban J connectivity index is 0.00000144. The van der Waals surface area contributed by atoms with E-state index in [0.29, 0.717) is 4.47 Å². The molecule has 1 aromatic rings. The second-order valence-electron chi connectivity index (χ2n) is 2.69. The molecule has 13 heavy (non-hydrogen) atoms. The molecule has 0 amide bonds. The van der Waals surface area contributed by atoms with Gasteiger partial charge < -0.3 is 5.73 Å². The average molecular weight is 269 g/mol. The number of benzene rings is 1. The molecule has 0 saturated heterocycles. The molecular formula is C9H12BrClFN. The molecule has 4 heteroatoms. The Hall–Kier alpha value is -0.120. The molecule has 0 saturated carbocycles. The highest BCUT2D eigenvalue weighted by Crippen LogP contribution is 2.20. The van der Waals surface area contributed by atoms with E-state index in [0.717, 1.165) is 12.0 Å². The molecule has 0 aliphatic carbocycles. The quantitative estimate of drug-likeness (QED) is 0.874. The highest BCUT2D eigenvalue weighted by Gasteiger charge is 2.05. The van der Waals surface area contributed by atoms with Crippen molar-refractivity contribution in [1.29, 1.82) is 0 Å². The first-order chi connectivity index (χ1) is 5.65. The summed E-state index contributed by atoms with van der Waals surface area (Å²) in [6, 6.07) is 4.92. The van der Waals surface area contributed by atoms with Crippen molar-refractivity contribution in [1.82, 2.24) is 0 Å². The molecule has 0 spiro atoms. The van der Waals surface area contributed by atoms with Crippen molar-refractivity contribution in [2.45, 2.75) is 19.4 Å². The van der Waals surface area contributed by atoms with Crippen molar-refractivity contribution in [3.05, 3.63) is 34.1 Å². The molecule has 0 aliphatic heterocycles. The van der Waals surface area contributed by atoms with Gasteiger partial charge in [0.25, 0.3) is 0 Å². The van der Waals surface area contributed by atoms with E-state index in [1.807, 2.05) is 13.0 Å². The summed E-state index contributed by atoms with van der Waals surface area (Å²) < 4.78 is 13.5. The first-order valence-corrected chi connectivity index (χ1v) is 4.65. The topological polar surface area (TPSA) is 26.0 Å². The van der Waals surface area contributed by atoms with Crippen LogP contribution in [-0.4, -0.2) is 0 Å². The van der Waals surface area contributed by atoms with Crippen LogP contribution in [0.3, 0.4) is 0 Å². The molecule has 74 valence electrons. The fraction of sp³-hybridized carbons (Fsp3) is 0.333. The number of rotatable bonds is 2. The van der Waals surface area contributed by atoms with Crippen LogP contribution in [0.15, 0.2) is 22.7 Å². The Morgan fingerprint density at radius 3 is 2.62 bits per heavy atom. The SMILES string of the molecule is CC[C@H](N)c1ccc(Br)c(F)c1.Cl. The van der Waals surface area contributed by atoms with Gasteiger partial charge in [0.1, 0.15) is 5.82 Å². The second-order valence-corrected chi connectivity index (χ2v) is 3.54. The van der Waals surface area contributed by atoms with Crippen LogP contribution >= 0.6 is 28.3 Å². The van der Waals surface area contributed by atoms with Crippen LogP contribution in [0.1, 0.15) is 24.9 Å². The second kappa shape index (κ2) is 5.58. The Bertz CT molecular complexity index is 280. The molecule has 0 aliphatic rings. The predicted molar refractivity (Wildman–Crippen MR) is 58.6 cm³/mol. The molecule has 0 unspecified atom stereocenters. The van der Waals surface area contributed by atoms with E-state index < -0.39 is 0 Å². The number of halogens is 3. The zero-order chi connectivity index (χ0) is 9.14. The van der Waals surface area contributed by atoms with E-state index in [1.54, 1.807) is 6.07 Å². The van der Waals surface area contributed by atoms with Crippen molar-refractivity contribution >= 4 is 28.3 Å². The van der Waals surface area contributed by atoms with E-state index in [1.165, 1.54) is 6.07 Å². The van der Waals surface area contributed by atoms with Crippen LogP contribution in [0.5, 0.6) is 0 Å². The lowest BCUT2D eigenvalue weighted by Crippen LogP contribution is -2.08. The van der Waals surface area contributed by atoms with Crippen LogP contribution in [0.2, 0.25) is 0 Å². The van der Waals surface area contributed by atoms with Crippen molar-refractivity contribution in [2.24, 2.45) is 5.73 Å². The van der Waals surface area contributed by atoms with Crippen molar-refractivity contribution in [2.75, 3.05) is 0 Å². The fourth-order valence-corrected chi connectivity index (χ4v) is 1.23. The molecule has 0 fully saturated rings. The summed E-state index contributed by atoms with van der Waals surface area (Å²) in [6.07, 6.45) is 0.821. The van der Waals surface area contributed by atoms with Crippen LogP contribution in [0.4, 0.5) is 4.39 Å². The van der Waals surface area contributed by atoms with Crippen LogP contribution < -0.4 is 5.73 Å². The Morgan fingerprint density at radius 1 is 1.54 bits per heavy atom. The van der Waals surface area contributed by atoms with Gasteiger partial charge in [0.05, 0.1) is 4.47 Å². The first kappa shape index (κ1) is 12.9. The van der Waals surface area contributed by atoms with Gasteiger partial charge in [0, 0.05) is 6.04 Å². The Morgan fingerprint density at radius 2 is 2.15 bits per heavy atom. The molecule has 1 rings (SSSR count). The van der Waals surface area contributed by atoms with Crippen molar-refractivity contribution in [3.63, 3.8) is 0 Å². The van der Waals surface area contributed by atoms with Crippen LogP contribution in [-0.2, 0) is 0 Å². The minimum Gasteiger partial charge on any atom is -0.324 e. The van der Waals surface area contributed by atoms with Gasteiger partial charge in [0.15, 0.2) is 0 Å². The third-order valence-corrected chi connectivity index (χ3v) is 2.45. The molecule has 0 radical (unpaired) electrons. The maximum atomic E-state index is 13.0. The van der Waals surface area contributed by atoms with E-state index in [-0.39, 0.29) is 24.3 Å². The lowest BCUT2D eigenvalue weighted by Gasteiger charge is -2.08. The maximum Gasteiger partial charge on any atom is 0.137 e. The van der Waals surface area contributed by atoms with E-state index in [9.17, 15) is 4.39 Å². The summed E-state index contributed by atoms with van der Waals surface area (Å²) in [7, 11) is 0. The van der Waals surface area contributed by atoms with Crippen LogP contribution in [0.25, 0.3) is 0 Å². The zero-order valence-corrected chi connectivity index (χ0v) is 9.66. The minimum atomic E-state index is -0.253. The van der Waals surface area contributed by atoms with Crippen LogP contribution in [0, 0.1) is 5.82 Å². The summed E-state index contributed by atoms with van der Waals surface area (Å²) in [4.78, 5) is 0. The standard InChI is InChI=1S/C9H11BrFN.ClH/c1-2-9(12)6-3-4-7(10)8(11)5-6;/h3-5,9H,2,12H2,1H3;1H/t9-;/m0./s1. The van der Waals surface area contributed by atoms with Gasteiger partial charge in [-0.25, -0.2) is 4.39 Å². The Kier molecular flexibility index (Phi) is 5.53. The first-order valence-electron chi connectivity index (χ1n) is 3.85. The van der Waals surface area contributed by atoms with Gasteiger partial charge in [0.2, 0.25) is 0 Å². The molecule has 1 nitrogen and oxygen atoms in total. The zero-order valence-electron chi connectivity index (χ0n) is 7.26. The van der Waals surface area contributed by atoms with Gasteiger partial charge >= 0.3 is 0 Å². The molecule has 1 atom stereocenters. The smallest absolute Gasteiger partial charge is 0.137 e. The minimum absolute atomic E-state index is 0. The summed E-state index contributed by atoms with van der Waals surface area (Å²) in [5.41, 5.74) is 6.58. The average Bonchev–Trinajstić information content (AvgIpc) is 2.08. The predicted octanol–water partition coefficient (Wildman–Crippen LogP) is 3.42. The van der Waals surface area contributed by atoms with Gasteiger partial charge in [-0.2, -0.15) is 0 Å². The lowest BCUT2D eigenvalue weighted by molar-refractivity contribution is 0.610. The Labute approximate surface area is 92.1 Å². The van der Waals surface area contributed by atoms with E-state index >= 15 is 0 Å². The summed E-state index contributed by atoms with van der Waals surface area (Å²) in [5, 5.41) is 0. The van der Waals surface area contributed by atoms with Gasteiger partial charge in [-0.15, -0.1) is 12.4 Å². The van der Waals surface area contributed by atoms with E-state index in [4.69, 9.17) is 5.73 Å². The molecule has 0 heterocycles. The van der Waals surface area contributed by atoms with Gasteiger partial charge in [-0.3, -0.25) is 0 Å². The van der Waals surface area contributed by atoms with E-state index in [2.05, 4.69) is 15.9 Å². The number of hydrogen-bond acceptors (Lipinski definition) is 1. The highest BCUT2D eigenvalue weighted by atomic mass is 79.9. The normalized spacial score (nSPS) is 12.0. The summed E-state index contributed by atoms with van der Waals surface area (Å²) in [6.45, 7) is 1.98. The third-order valence-electron chi connectivity index (χ3n) is 1.81. The van der Waals surface area contributed by atoms with Gasteiger partial charge in [-0.1, -0.05) is 13.0 Å². The van der Waals surface area contributed by atoms with Gasteiger partial charge in [-0.05, 0) is 40.0 Å². The number of nitrogens with two attached hydrogens (primary N) is 1. The lowest BCUT2D eigenvalue weighted by atomic mass is 10.1. The van der Waals surface area contributed by atoms with Crippen molar-refractivity contribution in [3.8, 4) is 0 Å². The highest BCUT2D eigenvalue weighted by molar-refractivity contribution is 9.10. The molecule has 2 N–H and O–H groups in total. The van der Waals surface area contributed by atoms with Crippen molar-refractivity contribution < 1.29 is 4.39 Å². The summed E-state index contributed by atoms with van der Waals surface area (Å²) in [5.74, 6) is -0.253. The monoisotopic (exact) mass is 267 g/mol. The largest absolute Gasteiger partial charge is 0.324 e. The third kappa shape index (κ3) is 3.25. The number of hydrogen-bond donors (Lipinski definition) is 1. The summed E-state index contributed by atoms with van der Waals surface area (Å²) >= 11 is 3.08. The molecular weight excluding hydrogens is 256 g/mol. The fourth-order valence-electron chi connectivity index (χ4n) is 0.979.